The number of benzene rings is 1. The Kier molecular flexibility index (Phi) is 5.85. The summed E-state index contributed by atoms with van der Waals surface area (Å²) in [4.78, 5) is 22.0. The summed E-state index contributed by atoms with van der Waals surface area (Å²) >= 11 is 11.9. The number of anilines is 1. The number of methoxy groups -OCH3 is 1. The molecule has 8 nitrogen and oxygen atoms in total. The number of nitrogens with zero attached hydrogens (tertiary/aromatic N) is 3. The van der Waals surface area contributed by atoms with Gasteiger partial charge in [0.2, 0.25) is 5.82 Å². The number of hydrogen-bond donors (Lipinski definition) is 1. The average molecular weight is 427 g/mol. The molecule has 1 heterocycles. The second-order valence-electron chi connectivity index (χ2n) is 5.22. The maximum Gasteiger partial charge on any atom is 0.416 e. The van der Waals surface area contributed by atoms with E-state index in [4.69, 9.17) is 23.2 Å². The van der Waals surface area contributed by atoms with Crippen LogP contribution >= 0.6 is 23.2 Å². The Labute approximate surface area is 160 Å². The third kappa shape index (κ3) is 4.25. The second kappa shape index (κ2) is 7.61. The lowest BCUT2D eigenvalue weighted by Gasteiger charge is -2.16. The fourth-order valence-electron chi connectivity index (χ4n) is 2.15. The van der Waals surface area contributed by atoms with Crippen molar-refractivity contribution < 1.29 is 27.6 Å². The number of nitrogens with one attached hydrogen (secondary N) is 1. The SMILES string of the molecule is COC(=O)C(C)Nc1c([N+](=O)[O-])cnn1-c1c(Cl)cc(C(F)(F)F)cc1Cl. The molecule has 0 amide bonds. The number of carbonyl (C=O) groups excluding carboxylic acids is 1. The van der Waals surface area contributed by atoms with Gasteiger partial charge < -0.3 is 10.1 Å². The highest BCUT2D eigenvalue weighted by Gasteiger charge is 2.33. The van der Waals surface area contributed by atoms with Crippen LogP contribution < -0.4 is 5.32 Å². The summed E-state index contributed by atoms with van der Waals surface area (Å²) in [6.45, 7) is 1.36. The van der Waals surface area contributed by atoms with Gasteiger partial charge in [-0.3, -0.25) is 10.1 Å². The molecule has 2 aromatic rings. The number of alkyl halides is 3. The number of hydrogen-bond acceptors (Lipinski definition) is 6. The molecule has 1 atom stereocenters. The van der Waals surface area contributed by atoms with Gasteiger partial charge in [-0.25, -0.2) is 9.48 Å². The van der Waals surface area contributed by atoms with Crippen molar-refractivity contribution in [2.24, 2.45) is 0 Å². The van der Waals surface area contributed by atoms with Crippen molar-refractivity contribution in [1.82, 2.24) is 9.78 Å². The Balaban J connectivity index is 2.63. The molecule has 27 heavy (non-hydrogen) atoms. The summed E-state index contributed by atoms with van der Waals surface area (Å²) < 4.78 is 44.0. The Morgan fingerprint density at radius 2 is 1.93 bits per heavy atom. The molecule has 1 unspecified atom stereocenters. The van der Waals surface area contributed by atoms with Gasteiger partial charge in [0.1, 0.15) is 17.9 Å². The van der Waals surface area contributed by atoms with Crippen LogP contribution in [0.1, 0.15) is 12.5 Å². The van der Waals surface area contributed by atoms with E-state index < -0.39 is 44.4 Å². The van der Waals surface area contributed by atoms with Gasteiger partial charge in [-0.05, 0) is 19.1 Å². The molecule has 1 aromatic carbocycles. The lowest BCUT2D eigenvalue weighted by atomic mass is 10.2. The minimum atomic E-state index is -4.69. The first-order valence-electron chi connectivity index (χ1n) is 7.10. The van der Waals surface area contributed by atoms with E-state index in [1.165, 1.54) is 6.92 Å². The Bertz CT molecular complexity index is 878. The van der Waals surface area contributed by atoms with Crippen molar-refractivity contribution in [3.05, 3.63) is 44.1 Å². The predicted octanol–water partition coefficient (Wildman–Crippen LogP) is 4.08. The van der Waals surface area contributed by atoms with E-state index in [1.807, 2.05) is 0 Å². The van der Waals surface area contributed by atoms with Crippen molar-refractivity contribution in [3.63, 3.8) is 0 Å². The van der Waals surface area contributed by atoms with Crippen LogP contribution in [0.4, 0.5) is 24.7 Å². The predicted molar refractivity (Wildman–Crippen MR) is 90.3 cm³/mol. The minimum Gasteiger partial charge on any atom is -0.467 e. The highest BCUT2D eigenvalue weighted by atomic mass is 35.5. The van der Waals surface area contributed by atoms with E-state index in [0.717, 1.165) is 18.0 Å². The van der Waals surface area contributed by atoms with Gasteiger partial charge in [-0.2, -0.15) is 18.3 Å². The zero-order chi connectivity index (χ0) is 20.5. The van der Waals surface area contributed by atoms with Crippen LogP contribution in [-0.2, 0) is 15.7 Å². The van der Waals surface area contributed by atoms with Crippen LogP contribution in [-0.4, -0.2) is 33.8 Å². The number of carbonyl (C=O) groups is 1. The third-order valence-corrected chi connectivity index (χ3v) is 3.99. The van der Waals surface area contributed by atoms with Crippen molar-refractivity contribution in [2.75, 3.05) is 12.4 Å². The van der Waals surface area contributed by atoms with Crippen molar-refractivity contribution in [2.45, 2.75) is 19.1 Å². The molecule has 2 rings (SSSR count). The molecular weight excluding hydrogens is 416 g/mol. The molecular formula is C14H11Cl2F3N4O4. The van der Waals surface area contributed by atoms with Crippen LogP contribution in [0.25, 0.3) is 5.69 Å². The lowest BCUT2D eigenvalue weighted by Crippen LogP contribution is -2.28. The van der Waals surface area contributed by atoms with Gasteiger partial charge in [0, 0.05) is 0 Å². The van der Waals surface area contributed by atoms with Gasteiger partial charge in [0.25, 0.3) is 0 Å². The largest absolute Gasteiger partial charge is 0.467 e. The number of nitro groups is 1. The van der Waals surface area contributed by atoms with E-state index in [2.05, 4.69) is 15.2 Å². The Morgan fingerprint density at radius 1 is 1.37 bits per heavy atom. The number of rotatable bonds is 5. The maximum atomic E-state index is 12.9. The summed E-state index contributed by atoms with van der Waals surface area (Å²) in [6.07, 6.45) is -3.85. The first kappa shape index (κ1) is 20.8. The van der Waals surface area contributed by atoms with E-state index >= 15 is 0 Å². The summed E-state index contributed by atoms with van der Waals surface area (Å²) in [7, 11) is 1.12. The monoisotopic (exact) mass is 426 g/mol. The molecule has 1 N–H and O–H groups in total. The van der Waals surface area contributed by atoms with Gasteiger partial charge in [-0.15, -0.1) is 0 Å². The van der Waals surface area contributed by atoms with Crippen molar-refractivity contribution >= 4 is 40.7 Å². The van der Waals surface area contributed by atoms with Gasteiger partial charge in [0.05, 0.1) is 27.6 Å². The standard InChI is InChI=1S/C14H11Cl2F3N4O4/c1-6(13(24)27-2)21-12-10(23(25)26)5-20-22(12)11-8(15)3-7(4-9(11)16)14(17,18)19/h3-6,21H,1-2H3. The van der Waals surface area contributed by atoms with Crippen LogP contribution in [0.3, 0.4) is 0 Å². The van der Waals surface area contributed by atoms with E-state index in [1.54, 1.807) is 0 Å². The first-order valence-corrected chi connectivity index (χ1v) is 7.86. The molecule has 0 aliphatic heterocycles. The van der Waals surface area contributed by atoms with Gasteiger partial charge in [0.15, 0.2) is 0 Å². The first-order chi connectivity index (χ1) is 12.5. The topological polar surface area (TPSA) is 99.3 Å². The third-order valence-electron chi connectivity index (χ3n) is 3.41. The highest BCUT2D eigenvalue weighted by Crippen LogP contribution is 2.39. The number of esters is 1. The van der Waals surface area contributed by atoms with Crippen LogP contribution in [0.2, 0.25) is 10.0 Å². The zero-order valence-corrected chi connectivity index (χ0v) is 15.2. The summed E-state index contributed by atoms with van der Waals surface area (Å²) in [5.41, 5.74) is -1.86. The fraction of sp³-hybridized carbons (Fsp3) is 0.286. The average Bonchev–Trinajstić information content (AvgIpc) is 2.96. The van der Waals surface area contributed by atoms with Gasteiger partial charge in [-0.1, -0.05) is 23.2 Å². The molecule has 1 aromatic heterocycles. The van der Waals surface area contributed by atoms with Crippen LogP contribution in [0, 0.1) is 10.1 Å². The molecule has 0 aliphatic rings. The molecule has 146 valence electrons. The molecule has 0 aliphatic carbocycles. The molecule has 0 radical (unpaired) electrons. The van der Waals surface area contributed by atoms with Gasteiger partial charge >= 0.3 is 17.8 Å². The highest BCUT2D eigenvalue weighted by molar-refractivity contribution is 6.38. The van der Waals surface area contributed by atoms with Crippen LogP contribution in [0.15, 0.2) is 18.3 Å². The Morgan fingerprint density at radius 3 is 2.37 bits per heavy atom. The molecule has 0 saturated heterocycles. The van der Waals surface area contributed by atoms with Crippen molar-refractivity contribution in [3.8, 4) is 5.69 Å². The molecule has 0 bridgehead atoms. The van der Waals surface area contributed by atoms with E-state index in [-0.39, 0.29) is 11.5 Å². The maximum absolute atomic E-state index is 12.9. The summed E-state index contributed by atoms with van der Waals surface area (Å²) in [5, 5.41) is 16.6. The van der Waals surface area contributed by atoms with E-state index in [9.17, 15) is 28.1 Å². The molecule has 0 saturated carbocycles. The molecule has 13 heteroatoms. The molecule has 0 fully saturated rings. The minimum absolute atomic E-state index is 0.223. The smallest absolute Gasteiger partial charge is 0.416 e. The summed E-state index contributed by atoms with van der Waals surface area (Å²) in [5.74, 6) is -1.04. The van der Waals surface area contributed by atoms with E-state index in [0.29, 0.717) is 12.1 Å². The second-order valence-corrected chi connectivity index (χ2v) is 6.04. The summed E-state index contributed by atoms with van der Waals surface area (Å²) in [6, 6.07) is 0.198. The zero-order valence-electron chi connectivity index (χ0n) is 13.7. The number of ether oxygens (including phenoxy) is 1. The van der Waals surface area contributed by atoms with Crippen LogP contribution in [0.5, 0.6) is 0 Å². The fourth-order valence-corrected chi connectivity index (χ4v) is 2.80. The Hall–Kier alpha value is -2.53. The normalized spacial score (nSPS) is 12.6. The lowest BCUT2D eigenvalue weighted by molar-refractivity contribution is -0.384. The quantitative estimate of drug-likeness (QED) is 0.439. The molecule has 0 spiro atoms. The number of aromatic nitrogens is 2. The number of halogens is 5. The van der Waals surface area contributed by atoms with Crippen molar-refractivity contribution in [1.29, 1.82) is 0 Å².